The van der Waals surface area contributed by atoms with E-state index >= 15 is 0 Å². The van der Waals surface area contributed by atoms with Gasteiger partial charge in [0, 0.05) is 27.2 Å². The summed E-state index contributed by atoms with van der Waals surface area (Å²) in [7, 11) is 0. The molecule has 0 saturated heterocycles. The molecule has 0 unspecified atom stereocenters. The van der Waals surface area contributed by atoms with Crippen molar-refractivity contribution in [1.29, 1.82) is 0 Å². The van der Waals surface area contributed by atoms with Gasteiger partial charge in [-0.05, 0) is 24.3 Å². The molecule has 0 aliphatic carbocycles. The molecule has 0 aliphatic heterocycles. The van der Waals surface area contributed by atoms with E-state index in [-0.39, 0.29) is 0 Å². The Kier molecular flexibility index (Phi) is 4.11. The SMILES string of the molecule is Clc1ccc(-c2cc(Cl)nc(-c3cccc(Cl)c3)n2)cc1. The normalized spacial score (nSPS) is 10.6. The molecule has 0 saturated carbocycles. The third kappa shape index (κ3) is 3.35. The highest BCUT2D eigenvalue weighted by atomic mass is 35.5. The van der Waals surface area contributed by atoms with Crippen molar-refractivity contribution >= 4 is 34.8 Å². The molecular formula is C16H9Cl3N2. The Bertz CT molecular complexity index is 786. The summed E-state index contributed by atoms with van der Waals surface area (Å²) in [6, 6.07) is 16.5. The lowest BCUT2D eigenvalue weighted by atomic mass is 10.1. The maximum atomic E-state index is 6.11. The molecule has 1 aromatic heterocycles. The second-order valence-corrected chi connectivity index (χ2v) is 5.68. The molecule has 0 bridgehead atoms. The Morgan fingerprint density at radius 1 is 0.667 bits per heavy atom. The highest BCUT2D eigenvalue weighted by Crippen LogP contribution is 2.26. The van der Waals surface area contributed by atoms with Gasteiger partial charge in [-0.2, -0.15) is 0 Å². The first-order valence-electron chi connectivity index (χ1n) is 6.18. The van der Waals surface area contributed by atoms with Gasteiger partial charge in [-0.25, -0.2) is 9.97 Å². The van der Waals surface area contributed by atoms with Gasteiger partial charge in [0.15, 0.2) is 5.82 Å². The molecule has 0 amide bonds. The van der Waals surface area contributed by atoms with Crippen LogP contribution in [0.25, 0.3) is 22.6 Å². The van der Waals surface area contributed by atoms with E-state index in [1.807, 2.05) is 36.4 Å². The summed E-state index contributed by atoms with van der Waals surface area (Å²) in [5, 5.41) is 1.68. The number of hydrogen-bond acceptors (Lipinski definition) is 2. The quantitative estimate of drug-likeness (QED) is 0.555. The fourth-order valence-corrected chi connectivity index (χ4v) is 2.44. The van der Waals surface area contributed by atoms with Crippen LogP contribution in [0.15, 0.2) is 54.6 Å². The number of benzene rings is 2. The summed E-state index contributed by atoms with van der Waals surface area (Å²) >= 11 is 18.0. The molecule has 0 aliphatic rings. The number of nitrogens with zero attached hydrogens (tertiary/aromatic N) is 2. The minimum absolute atomic E-state index is 0.380. The van der Waals surface area contributed by atoms with Gasteiger partial charge in [-0.3, -0.25) is 0 Å². The van der Waals surface area contributed by atoms with Crippen molar-refractivity contribution in [2.45, 2.75) is 0 Å². The summed E-state index contributed by atoms with van der Waals surface area (Å²) in [5.74, 6) is 0.537. The minimum atomic E-state index is 0.380. The van der Waals surface area contributed by atoms with E-state index in [0.717, 1.165) is 16.8 Å². The van der Waals surface area contributed by atoms with Crippen LogP contribution >= 0.6 is 34.8 Å². The van der Waals surface area contributed by atoms with Crippen LogP contribution < -0.4 is 0 Å². The van der Waals surface area contributed by atoms with E-state index in [0.29, 0.717) is 21.0 Å². The van der Waals surface area contributed by atoms with E-state index in [1.54, 1.807) is 18.2 Å². The van der Waals surface area contributed by atoms with Crippen molar-refractivity contribution in [3.05, 3.63) is 69.8 Å². The molecule has 21 heavy (non-hydrogen) atoms. The largest absolute Gasteiger partial charge is 0.228 e. The Morgan fingerprint density at radius 3 is 2.14 bits per heavy atom. The predicted molar refractivity (Wildman–Crippen MR) is 87.9 cm³/mol. The maximum absolute atomic E-state index is 6.11. The van der Waals surface area contributed by atoms with Gasteiger partial charge in [-0.15, -0.1) is 0 Å². The standard InChI is InChI=1S/C16H9Cl3N2/c17-12-6-4-10(5-7-12)14-9-15(19)21-16(20-14)11-2-1-3-13(18)8-11/h1-9H. The Balaban J connectivity index is 2.10. The zero-order chi connectivity index (χ0) is 14.8. The highest BCUT2D eigenvalue weighted by molar-refractivity contribution is 6.31. The van der Waals surface area contributed by atoms with E-state index < -0.39 is 0 Å². The lowest BCUT2D eigenvalue weighted by molar-refractivity contribution is 1.18. The Labute approximate surface area is 137 Å². The molecule has 3 rings (SSSR count). The zero-order valence-corrected chi connectivity index (χ0v) is 13.0. The molecule has 0 spiro atoms. The van der Waals surface area contributed by atoms with Crippen LogP contribution in [0.1, 0.15) is 0 Å². The summed E-state index contributed by atoms with van der Waals surface area (Å²) in [5.41, 5.74) is 2.48. The smallest absolute Gasteiger partial charge is 0.161 e. The summed E-state index contributed by atoms with van der Waals surface area (Å²) < 4.78 is 0. The highest BCUT2D eigenvalue weighted by Gasteiger charge is 2.08. The average Bonchev–Trinajstić information content (AvgIpc) is 2.47. The minimum Gasteiger partial charge on any atom is -0.228 e. The fraction of sp³-hybridized carbons (Fsp3) is 0. The topological polar surface area (TPSA) is 25.8 Å². The second-order valence-electron chi connectivity index (χ2n) is 4.42. The number of rotatable bonds is 2. The molecule has 5 heteroatoms. The van der Waals surface area contributed by atoms with Crippen molar-refractivity contribution in [2.24, 2.45) is 0 Å². The van der Waals surface area contributed by atoms with Crippen LogP contribution in [-0.2, 0) is 0 Å². The van der Waals surface area contributed by atoms with Crippen LogP contribution in [-0.4, -0.2) is 9.97 Å². The van der Waals surface area contributed by atoms with Crippen LogP contribution in [0.4, 0.5) is 0 Å². The third-order valence-corrected chi connectivity index (χ3v) is 3.60. The zero-order valence-electron chi connectivity index (χ0n) is 10.7. The Morgan fingerprint density at radius 2 is 1.43 bits per heavy atom. The number of halogens is 3. The second kappa shape index (κ2) is 6.02. The van der Waals surface area contributed by atoms with E-state index in [2.05, 4.69) is 9.97 Å². The van der Waals surface area contributed by atoms with Crippen molar-refractivity contribution in [3.8, 4) is 22.6 Å². The van der Waals surface area contributed by atoms with Gasteiger partial charge in [-0.1, -0.05) is 59.1 Å². The van der Waals surface area contributed by atoms with Crippen molar-refractivity contribution in [1.82, 2.24) is 9.97 Å². The summed E-state index contributed by atoms with van der Waals surface area (Å²) in [4.78, 5) is 8.81. The molecular weight excluding hydrogens is 327 g/mol. The van der Waals surface area contributed by atoms with Crippen LogP contribution in [0.2, 0.25) is 15.2 Å². The first-order valence-corrected chi connectivity index (χ1v) is 7.32. The van der Waals surface area contributed by atoms with Crippen LogP contribution in [0.5, 0.6) is 0 Å². The molecule has 0 fully saturated rings. The molecule has 0 radical (unpaired) electrons. The average molecular weight is 336 g/mol. The molecule has 2 nitrogen and oxygen atoms in total. The number of hydrogen-bond donors (Lipinski definition) is 0. The van der Waals surface area contributed by atoms with Gasteiger partial charge < -0.3 is 0 Å². The molecule has 104 valence electrons. The van der Waals surface area contributed by atoms with E-state index in [9.17, 15) is 0 Å². The first-order chi connectivity index (χ1) is 10.1. The van der Waals surface area contributed by atoms with Gasteiger partial charge in [0.2, 0.25) is 0 Å². The first kappa shape index (κ1) is 14.3. The maximum Gasteiger partial charge on any atom is 0.161 e. The van der Waals surface area contributed by atoms with Crippen LogP contribution in [0, 0.1) is 0 Å². The van der Waals surface area contributed by atoms with Gasteiger partial charge in [0.25, 0.3) is 0 Å². The third-order valence-electron chi connectivity index (χ3n) is 2.92. The molecule has 0 N–H and O–H groups in total. The van der Waals surface area contributed by atoms with Crippen molar-refractivity contribution < 1.29 is 0 Å². The number of aromatic nitrogens is 2. The molecule has 3 aromatic rings. The monoisotopic (exact) mass is 334 g/mol. The lowest BCUT2D eigenvalue weighted by Gasteiger charge is -2.06. The summed E-state index contributed by atoms with van der Waals surface area (Å²) in [6.45, 7) is 0. The molecule has 2 aromatic carbocycles. The lowest BCUT2D eigenvalue weighted by Crippen LogP contribution is -1.93. The van der Waals surface area contributed by atoms with Gasteiger partial charge in [0.05, 0.1) is 5.69 Å². The van der Waals surface area contributed by atoms with Crippen molar-refractivity contribution in [2.75, 3.05) is 0 Å². The van der Waals surface area contributed by atoms with E-state index in [4.69, 9.17) is 34.8 Å². The Hall–Kier alpha value is -1.61. The van der Waals surface area contributed by atoms with E-state index in [1.165, 1.54) is 0 Å². The van der Waals surface area contributed by atoms with Gasteiger partial charge >= 0.3 is 0 Å². The van der Waals surface area contributed by atoms with Crippen LogP contribution in [0.3, 0.4) is 0 Å². The fourth-order valence-electron chi connectivity index (χ4n) is 1.94. The summed E-state index contributed by atoms with van der Waals surface area (Å²) in [6.07, 6.45) is 0. The van der Waals surface area contributed by atoms with Crippen molar-refractivity contribution in [3.63, 3.8) is 0 Å². The molecule has 0 atom stereocenters. The van der Waals surface area contributed by atoms with Gasteiger partial charge in [0.1, 0.15) is 5.15 Å². The molecule has 1 heterocycles. The predicted octanol–water partition coefficient (Wildman–Crippen LogP) is 5.77.